The van der Waals surface area contributed by atoms with E-state index >= 15 is 0 Å². The minimum absolute atomic E-state index is 0.557. The van der Waals surface area contributed by atoms with Gasteiger partial charge in [-0.3, -0.25) is 0 Å². The van der Waals surface area contributed by atoms with Crippen LogP contribution in [-0.4, -0.2) is 50.7 Å². The summed E-state index contributed by atoms with van der Waals surface area (Å²) in [5.41, 5.74) is 0. The predicted molar refractivity (Wildman–Crippen MR) is 71.3 cm³/mol. The van der Waals surface area contributed by atoms with Gasteiger partial charge in [-0.15, -0.1) is 11.3 Å². The average Bonchev–Trinajstić information content (AvgIpc) is 2.66. The van der Waals surface area contributed by atoms with Gasteiger partial charge in [-0.25, -0.2) is 4.98 Å². The highest BCUT2D eigenvalue weighted by Crippen LogP contribution is 2.19. The molecule has 0 saturated carbocycles. The largest absolute Gasteiger partial charge is 0.354 e. The lowest BCUT2D eigenvalue weighted by Crippen LogP contribution is -2.34. The van der Waals surface area contributed by atoms with E-state index in [9.17, 15) is 0 Å². The molecular weight excluding hydrogens is 220 g/mol. The smallest absolute Gasteiger partial charge is 0.185 e. The molecule has 0 radical (unpaired) electrons. The van der Waals surface area contributed by atoms with E-state index in [4.69, 9.17) is 0 Å². The topological polar surface area (TPSA) is 31.4 Å². The zero-order valence-corrected chi connectivity index (χ0v) is 11.6. The number of thiazole rings is 1. The van der Waals surface area contributed by atoms with Crippen LogP contribution in [0.25, 0.3) is 0 Å². The molecule has 0 spiro atoms. The molecule has 1 aromatic heterocycles. The van der Waals surface area contributed by atoms with Gasteiger partial charge in [0.15, 0.2) is 5.13 Å². The number of nitrogens with zero attached hydrogens (tertiary/aromatic N) is 3. The van der Waals surface area contributed by atoms with Crippen LogP contribution in [0.4, 0.5) is 5.13 Å². The lowest BCUT2D eigenvalue weighted by atomic mass is 10.3. The van der Waals surface area contributed by atoms with Crippen LogP contribution in [0.5, 0.6) is 0 Å². The van der Waals surface area contributed by atoms with Gasteiger partial charge < -0.3 is 15.1 Å². The second-order valence-corrected chi connectivity index (χ2v) is 5.54. The molecular formula is C11H22N4S. The minimum atomic E-state index is 0.557. The number of nitrogens with one attached hydrogen (secondary N) is 1. The third-order valence-corrected chi connectivity index (χ3v) is 3.71. The van der Waals surface area contributed by atoms with Gasteiger partial charge in [0.1, 0.15) is 0 Å². The highest BCUT2D eigenvalue weighted by Gasteiger charge is 2.05. The minimum Gasteiger partial charge on any atom is -0.354 e. The summed E-state index contributed by atoms with van der Waals surface area (Å²) in [7, 11) is 8.24. The molecule has 0 amide bonds. The number of hydrogen-bond donors (Lipinski definition) is 1. The number of anilines is 1. The van der Waals surface area contributed by atoms with Crippen molar-refractivity contribution in [2.45, 2.75) is 19.5 Å². The molecule has 1 heterocycles. The van der Waals surface area contributed by atoms with Crippen LogP contribution in [-0.2, 0) is 6.54 Å². The van der Waals surface area contributed by atoms with E-state index in [1.54, 1.807) is 11.3 Å². The van der Waals surface area contributed by atoms with Crippen molar-refractivity contribution in [1.82, 2.24) is 15.2 Å². The first-order chi connectivity index (χ1) is 7.50. The highest BCUT2D eigenvalue weighted by atomic mass is 32.1. The van der Waals surface area contributed by atoms with Gasteiger partial charge in [0.05, 0.1) is 0 Å². The Morgan fingerprint density at radius 1 is 1.38 bits per heavy atom. The molecule has 1 atom stereocenters. The van der Waals surface area contributed by atoms with Gasteiger partial charge in [0, 0.05) is 44.3 Å². The van der Waals surface area contributed by atoms with E-state index in [0.717, 1.165) is 18.2 Å². The highest BCUT2D eigenvalue weighted by molar-refractivity contribution is 7.15. The van der Waals surface area contributed by atoms with Crippen LogP contribution in [0, 0.1) is 0 Å². The van der Waals surface area contributed by atoms with Crippen LogP contribution in [0.1, 0.15) is 11.8 Å². The standard InChI is InChI=1S/C11H22N4S/c1-9(14(2)3)6-12-7-10-8-13-11(16-10)15(4)5/h8-9,12H,6-7H2,1-5H3. The van der Waals surface area contributed by atoms with Gasteiger partial charge >= 0.3 is 0 Å². The molecule has 1 rings (SSSR count). The number of rotatable bonds is 6. The van der Waals surface area contributed by atoms with Crippen LogP contribution < -0.4 is 10.2 Å². The maximum Gasteiger partial charge on any atom is 0.185 e. The van der Waals surface area contributed by atoms with E-state index < -0.39 is 0 Å². The molecule has 5 heteroatoms. The van der Waals surface area contributed by atoms with Crippen molar-refractivity contribution in [3.05, 3.63) is 11.1 Å². The molecule has 0 fully saturated rings. The van der Waals surface area contributed by atoms with Gasteiger partial charge in [0.25, 0.3) is 0 Å². The third-order valence-electron chi connectivity index (χ3n) is 2.54. The Labute approximate surface area is 102 Å². The Morgan fingerprint density at radius 2 is 2.06 bits per heavy atom. The molecule has 0 aromatic carbocycles. The Balaban J connectivity index is 2.32. The van der Waals surface area contributed by atoms with E-state index in [1.165, 1.54) is 4.88 Å². The predicted octanol–water partition coefficient (Wildman–Crippen LogP) is 1.25. The molecule has 0 aliphatic heterocycles. The molecule has 1 N–H and O–H groups in total. The Kier molecular flexibility index (Phi) is 5.18. The molecule has 92 valence electrons. The summed E-state index contributed by atoms with van der Waals surface area (Å²) in [4.78, 5) is 9.88. The number of hydrogen-bond acceptors (Lipinski definition) is 5. The molecule has 4 nitrogen and oxygen atoms in total. The number of aromatic nitrogens is 1. The Hall–Kier alpha value is -0.650. The maximum absolute atomic E-state index is 4.34. The molecule has 1 unspecified atom stereocenters. The van der Waals surface area contributed by atoms with Crippen molar-refractivity contribution in [3.8, 4) is 0 Å². The fraction of sp³-hybridized carbons (Fsp3) is 0.727. The van der Waals surface area contributed by atoms with Crippen LogP contribution in [0.15, 0.2) is 6.20 Å². The van der Waals surface area contributed by atoms with Crippen LogP contribution in [0.2, 0.25) is 0 Å². The van der Waals surface area contributed by atoms with Gasteiger partial charge in [-0.05, 0) is 21.0 Å². The summed E-state index contributed by atoms with van der Waals surface area (Å²) >= 11 is 1.74. The molecule has 1 aromatic rings. The maximum atomic E-state index is 4.34. The lowest BCUT2D eigenvalue weighted by Gasteiger charge is -2.19. The van der Waals surface area contributed by atoms with Crippen molar-refractivity contribution in [2.75, 3.05) is 39.6 Å². The summed E-state index contributed by atoms with van der Waals surface area (Å²) in [6.45, 7) is 4.12. The summed E-state index contributed by atoms with van der Waals surface area (Å²) in [6, 6.07) is 0.557. The van der Waals surface area contributed by atoms with E-state index in [2.05, 4.69) is 36.2 Å². The average molecular weight is 242 g/mol. The second kappa shape index (κ2) is 6.18. The zero-order valence-electron chi connectivity index (χ0n) is 10.8. The first-order valence-corrected chi connectivity index (χ1v) is 6.31. The van der Waals surface area contributed by atoms with Crippen molar-refractivity contribution >= 4 is 16.5 Å². The van der Waals surface area contributed by atoms with Gasteiger partial charge in [-0.2, -0.15) is 0 Å². The van der Waals surface area contributed by atoms with E-state index in [-0.39, 0.29) is 0 Å². The fourth-order valence-electron chi connectivity index (χ4n) is 1.17. The lowest BCUT2D eigenvalue weighted by molar-refractivity contribution is 0.303. The van der Waals surface area contributed by atoms with E-state index in [0.29, 0.717) is 6.04 Å². The quantitative estimate of drug-likeness (QED) is 0.813. The first-order valence-electron chi connectivity index (χ1n) is 5.50. The SMILES string of the molecule is CC(CNCc1cnc(N(C)C)s1)N(C)C. The molecule has 0 saturated heterocycles. The van der Waals surface area contributed by atoms with Crippen molar-refractivity contribution in [1.29, 1.82) is 0 Å². The van der Waals surface area contributed by atoms with Crippen molar-refractivity contribution in [2.24, 2.45) is 0 Å². The molecule has 16 heavy (non-hydrogen) atoms. The summed E-state index contributed by atoms with van der Waals surface area (Å²) < 4.78 is 0. The van der Waals surface area contributed by atoms with Gasteiger partial charge in [-0.1, -0.05) is 0 Å². The Bertz CT molecular complexity index is 309. The normalized spacial score (nSPS) is 13.1. The molecule has 0 bridgehead atoms. The van der Waals surface area contributed by atoms with Crippen LogP contribution >= 0.6 is 11.3 Å². The third kappa shape index (κ3) is 4.08. The summed E-state index contributed by atoms with van der Waals surface area (Å²) in [5, 5.41) is 4.51. The summed E-state index contributed by atoms with van der Waals surface area (Å²) in [6.07, 6.45) is 1.95. The van der Waals surface area contributed by atoms with Crippen molar-refractivity contribution < 1.29 is 0 Å². The fourth-order valence-corrected chi connectivity index (χ4v) is 1.97. The summed E-state index contributed by atoms with van der Waals surface area (Å²) in [5.74, 6) is 0. The van der Waals surface area contributed by atoms with Gasteiger partial charge in [0.2, 0.25) is 0 Å². The zero-order chi connectivity index (χ0) is 12.1. The Morgan fingerprint density at radius 3 is 2.56 bits per heavy atom. The van der Waals surface area contributed by atoms with Crippen molar-refractivity contribution in [3.63, 3.8) is 0 Å². The first kappa shape index (κ1) is 13.4. The molecule has 0 aliphatic carbocycles. The molecule has 0 aliphatic rings. The monoisotopic (exact) mass is 242 g/mol. The van der Waals surface area contributed by atoms with E-state index in [1.807, 2.05) is 25.2 Å². The number of likely N-dealkylation sites (N-methyl/N-ethyl adjacent to an activating group) is 1. The van der Waals surface area contributed by atoms with Crippen LogP contribution in [0.3, 0.4) is 0 Å². The second-order valence-electron chi connectivity index (χ2n) is 4.45.